The van der Waals surface area contributed by atoms with E-state index in [1.807, 2.05) is 0 Å². The first-order valence-corrected chi connectivity index (χ1v) is 11.6. The standard InChI is InChI=1S/C22H50N4/c1-7-21(25(9-3)10-4)15-19-23-17-13-14-18-24-20-16-22(8-2)26(11-5)12-6/h21-24H,7-20H2,1-6H3. The minimum Gasteiger partial charge on any atom is -0.317 e. The molecular formula is C22H50N4. The molecule has 0 fully saturated rings. The van der Waals surface area contributed by atoms with Gasteiger partial charge in [0.05, 0.1) is 0 Å². The van der Waals surface area contributed by atoms with Crippen LogP contribution >= 0.6 is 0 Å². The number of nitrogens with zero attached hydrogens (tertiary/aromatic N) is 2. The lowest BCUT2D eigenvalue weighted by molar-refractivity contribution is 0.199. The van der Waals surface area contributed by atoms with E-state index in [0.717, 1.165) is 38.3 Å². The van der Waals surface area contributed by atoms with E-state index in [9.17, 15) is 0 Å². The smallest absolute Gasteiger partial charge is 0.0104 e. The van der Waals surface area contributed by atoms with Gasteiger partial charge in [0.1, 0.15) is 0 Å². The normalized spacial score (nSPS) is 14.3. The Bertz CT molecular complexity index is 249. The molecule has 0 bridgehead atoms. The molecule has 0 saturated heterocycles. The lowest BCUT2D eigenvalue weighted by Crippen LogP contribution is -2.37. The fourth-order valence-electron chi connectivity index (χ4n) is 4.06. The highest BCUT2D eigenvalue weighted by atomic mass is 15.1. The second kappa shape index (κ2) is 18.2. The SMILES string of the molecule is CCC(CCNCCCCNCCC(CC)N(CC)CC)N(CC)CC. The lowest BCUT2D eigenvalue weighted by Gasteiger charge is -2.29. The number of hydrogen-bond acceptors (Lipinski definition) is 4. The predicted octanol–water partition coefficient (Wildman–Crippen LogP) is 3.97. The monoisotopic (exact) mass is 370 g/mol. The van der Waals surface area contributed by atoms with Crippen LogP contribution in [-0.2, 0) is 0 Å². The zero-order valence-corrected chi connectivity index (χ0v) is 18.9. The summed E-state index contributed by atoms with van der Waals surface area (Å²) in [6, 6.07) is 1.49. The van der Waals surface area contributed by atoms with Crippen LogP contribution in [0.5, 0.6) is 0 Å². The molecule has 0 amide bonds. The van der Waals surface area contributed by atoms with Gasteiger partial charge in [-0.25, -0.2) is 0 Å². The number of hydrogen-bond donors (Lipinski definition) is 2. The predicted molar refractivity (Wildman–Crippen MR) is 118 cm³/mol. The van der Waals surface area contributed by atoms with E-state index >= 15 is 0 Å². The van der Waals surface area contributed by atoms with Crippen LogP contribution in [0.4, 0.5) is 0 Å². The maximum Gasteiger partial charge on any atom is 0.0104 e. The van der Waals surface area contributed by atoms with Gasteiger partial charge < -0.3 is 20.4 Å². The van der Waals surface area contributed by atoms with Gasteiger partial charge in [-0.05, 0) is 90.9 Å². The molecule has 4 nitrogen and oxygen atoms in total. The van der Waals surface area contributed by atoms with Crippen molar-refractivity contribution in [3.8, 4) is 0 Å². The summed E-state index contributed by atoms with van der Waals surface area (Å²) in [7, 11) is 0. The molecule has 0 aliphatic heterocycles. The molecule has 0 heterocycles. The fourth-order valence-corrected chi connectivity index (χ4v) is 4.06. The summed E-state index contributed by atoms with van der Waals surface area (Å²) in [6.07, 6.45) is 7.64. The van der Waals surface area contributed by atoms with Crippen molar-refractivity contribution < 1.29 is 0 Å². The van der Waals surface area contributed by atoms with Gasteiger partial charge in [-0.3, -0.25) is 0 Å². The quantitative estimate of drug-likeness (QED) is 0.337. The Hall–Kier alpha value is -0.160. The van der Waals surface area contributed by atoms with Gasteiger partial charge in [-0.2, -0.15) is 0 Å². The van der Waals surface area contributed by atoms with Crippen LogP contribution in [0.25, 0.3) is 0 Å². The van der Waals surface area contributed by atoms with Crippen molar-refractivity contribution in [3.63, 3.8) is 0 Å². The molecule has 0 saturated carbocycles. The van der Waals surface area contributed by atoms with Crippen molar-refractivity contribution >= 4 is 0 Å². The van der Waals surface area contributed by atoms with Crippen LogP contribution in [0, 0.1) is 0 Å². The third-order valence-electron chi connectivity index (χ3n) is 5.87. The van der Waals surface area contributed by atoms with Crippen molar-refractivity contribution in [2.75, 3.05) is 52.4 Å². The molecule has 0 aromatic rings. The molecule has 26 heavy (non-hydrogen) atoms. The molecule has 2 N–H and O–H groups in total. The van der Waals surface area contributed by atoms with E-state index in [2.05, 4.69) is 62.0 Å². The Labute approximate surface area is 165 Å². The Kier molecular flexibility index (Phi) is 18.1. The first-order chi connectivity index (χ1) is 12.7. The zero-order chi connectivity index (χ0) is 19.6. The summed E-state index contributed by atoms with van der Waals surface area (Å²) in [5.74, 6) is 0. The zero-order valence-electron chi connectivity index (χ0n) is 18.9. The maximum absolute atomic E-state index is 3.64. The summed E-state index contributed by atoms with van der Waals surface area (Å²) >= 11 is 0. The molecule has 2 atom stereocenters. The molecule has 2 unspecified atom stereocenters. The average molecular weight is 371 g/mol. The van der Waals surface area contributed by atoms with E-state index in [4.69, 9.17) is 0 Å². The number of unbranched alkanes of at least 4 members (excludes halogenated alkanes) is 1. The van der Waals surface area contributed by atoms with Gasteiger partial charge in [-0.1, -0.05) is 41.5 Å². The molecule has 0 aliphatic carbocycles. The molecule has 158 valence electrons. The molecule has 0 aliphatic rings. The molecule has 0 aromatic carbocycles. The van der Waals surface area contributed by atoms with Crippen molar-refractivity contribution in [3.05, 3.63) is 0 Å². The van der Waals surface area contributed by atoms with Crippen molar-refractivity contribution in [2.24, 2.45) is 0 Å². The topological polar surface area (TPSA) is 30.5 Å². The lowest BCUT2D eigenvalue weighted by atomic mass is 10.1. The Morgan fingerprint density at radius 3 is 1.15 bits per heavy atom. The summed E-state index contributed by atoms with van der Waals surface area (Å²) in [4.78, 5) is 5.18. The Morgan fingerprint density at radius 2 is 0.885 bits per heavy atom. The van der Waals surface area contributed by atoms with Crippen molar-refractivity contribution in [2.45, 2.75) is 92.2 Å². The third-order valence-corrected chi connectivity index (χ3v) is 5.87. The Balaban J connectivity index is 3.59. The van der Waals surface area contributed by atoms with Gasteiger partial charge in [0.2, 0.25) is 0 Å². The van der Waals surface area contributed by atoms with Crippen LogP contribution in [0.2, 0.25) is 0 Å². The van der Waals surface area contributed by atoms with Crippen LogP contribution in [0.15, 0.2) is 0 Å². The van der Waals surface area contributed by atoms with Gasteiger partial charge >= 0.3 is 0 Å². The summed E-state index contributed by atoms with van der Waals surface area (Å²) in [6.45, 7) is 23.1. The van der Waals surface area contributed by atoms with Crippen molar-refractivity contribution in [1.29, 1.82) is 0 Å². The van der Waals surface area contributed by atoms with Gasteiger partial charge in [0.25, 0.3) is 0 Å². The summed E-state index contributed by atoms with van der Waals surface area (Å²) in [5, 5.41) is 7.28. The van der Waals surface area contributed by atoms with E-state index in [1.54, 1.807) is 0 Å². The fraction of sp³-hybridized carbons (Fsp3) is 1.00. The van der Waals surface area contributed by atoms with Gasteiger partial charge in [-0.15, -0.1) is 0 Å². The maximum atomic E-state index is 3.64. The minimum atomic E-state index is 0.747. The van der Waals surface area contributed by atoms with Crippen LogP contribution in [-0.4, -0.2) is 74.2 Å². The second-order valence-electron chi connectivity index (χ2n) is 7.35. The molecule has 0 radical (unpaired) electrons. The highest BCUT2D eigenvalue weighted by molar-refractivity contribution is 4.70. The average Bonchev–Trinajstić information content (AvgIpc) is 2.67. The van der Waals surface area contributed by atoms with E-state index in [1.165, 1.54) is 64.7 Å². The van der Waals surface area contributed by atoms with Gasteiger partial charge in [0.15, 0.2) is 0 Å². The largest absolute Gasteiger partial charge is 0.317 e. The van der Waals surface area contributed by atoms with E-state index in [-0.39, 0.29) is 0 Å². The molecule has 0 spiro atoms. The van der Waals surface area contributed by atoms with Gasteiger partial charge in [0, 0.05) is 12.1 Å². The highest BCUT2D eigenvalue weighted by Gasteiger charge is 2.13. The highest BCUT2D eigenvalue weighted by Crippen LogP contribution is 2.08. The summed E-state index contributed by atoms with van der Waals surface area (Å²) in [5.41, 5.74) is 0. The first-order valence-electron chi connectivity index (χ1n) is 11.6. The summed E-state index contributed by atoms with van der Waals surface area (Å²) < 4.78 is 0. The first kappa shape index (κ1) is 25.8. The van der Waals surface area contributed by atoms with Crippen LogP contribution in [0.1, 0.15) is 80.1 Å². The minimum absolute atomic E-state index is 0.747. The molecule has 0 rings (SSSR count). The number of nitrogens with one attached hydrogen (secondary N) is 2. The Morgan fingerprint density at radius 1 is 0.538 bits per heavy atom. The molecular weight excluding hydrogens is 320 g/mol. The number of rotatable bonds is 19. The van der Waals surface area contributed by atoms with Crippen LogP contribution in [0.3, 0.4) is 0 Å². The third kappa shape index (κ3) is 11.5. The molecule has 0 aromatic heterocycles. The van der Waals surface area contributed by atoms with E-state index in [0.29, 0.717) is 0 Å². The van der Waals surface area contributed by atoms with Crippen molar-refractivity contribution in [1.82, 2.24) is 20.4 Å². The second-order valence-corrected chi connectivity index (χ2v) is 7.35. The van der Waals surface area contributed by atoms with Crippen LogP contribution < -0.4 is 10.6 Å². The van der Waals surface area contributed by atoms with E-state index < -0.39 is 0 Å². The molecule has 4 heteroatoms.